The molecule has 0 unspecified atom stereocenters. The summed E-state index contributed by atoms with van der Waals surface area (Å²) in [5.74, 6) is 0. The molecule has 0 aliphatic carbocycles. The van der Waals surface area contributed by atoms with Gasteiger partial charge in [0.15, 0.2) is 4.77 Å². The van der Waals surface area contributed by atoms with E-state index < -0.39 is 0 Å². The Morgan fingerprint density at radius 1 is 1.26 bits per heavy atom. The summed E-state index contributed by atoms with van der Waals surface area (Å²) in [5, 5.41) is 0.718. The molecule has 0 radical (unpaired) electrons. The zero-order valence-electron chi connectivity index (χ0n) is 10.9. The van der Waals surface area contributed by atoms with E-state index in [1.807, 2.05) is 24.3 Å². The molecule has 100 valence electrons. The Kier molecular flexibility index (Phi) is 3.24. The van der Waals surface area contributed by atoms with Gasteiger partial charge in [0.25, 0.3) is 5.56 Å². The molecule has 0 spiro atoms. The van der Waals surface area contributed by atoms with Gasteiger partial charge >= 0.3 is 0 Å². The number of likely N-dealkylation sites (tertiary alicyclic amines) is 1. The van der Waals surface area contributed by atoms with Crippen molar-refractivity contribution >= 4 is 23.1 Å². The van der Waals surface area contributed by atoms with Gasteiger partial charge in [-0.2, -0.15) is 0 Å². The van der Waals surface area contributed by atoms with Crippen molar-refractivity contribution in [3.05, 3.63) is 39.4 Å². The fraction of sp³-hybridized carbons (Fsp3) is 0.429. The van der Waals surface area contributed by atoms with Crippen molar-refractivity contribution in [1.29, 1.82) is 0 Å². The first-order chi connectivity index (χ1) is 9.16. The number of nitrogens with one attached hydrogen (secondary N) is 1. The number of aromatic nitrogens is 2. The highest BCUT2D eigenvalue weighted by Gasteiger charge is 2.20. The van der Waals surface area contributed by atoms with Crippen molar-refractivity contribution in [2.45, 2.75) is 18.9 Å². The molecule has 1 aliphatic rings. The van der Waals surface area contributed by atoms with Crippen LogP contribution in [-0.4, -0.2) is 34.6 Å². The molecule has 0 atom stereocenters. The molecule has 1 aliphatic heterocycles. The third kappa shape index (κ3) is 2.24. The van der Waals surface area contributed by atoms with Crippen LogP contribution in [0.5, 0.6) is 0 Å². The molecule has 0 bridgehead atoms. The number of fused-ring (bicyclic) bond motifs is 1. The number of rotatable bonds is 1. The van der Waals surface area contributed by atoms with Gasteiger partial charge in [0.05, 0.1) is 10.9 Å². The lowest BCUT2D eigenvalue weighted by Crippen LogP contribution is -2.36. The van der Waals surface area contributed by atoms with E-state index in [1.54, 1.807) is 4.57 Å². The van der Waals surface area contributed by atoms with Crippen LogP contribution < -0.4 is 5.56 Å². The van der Waals surface area contributed by atoms with Crippen LogP contribution in [-0.2, 0) is 0 Å². The minimum Gasteiger partial charge on any atom is -0.332 e. The smallest absolute Gasteiger partial charge is 0.262 e. The molecule has 1 N–H and O–H groups in total. The van der Waals surface area contributed by atoms with Crippen LogP contribution in [0.2, 0.25) is 0 Å². The number of H-pyrrole nitrogens is 1. The molecule has 19 heavy (non-hydrogen) atoms. The van der Waals surface area contributed by atoms with Crippen molar-refractivity contribution in [2.75, 3.05) is 20.1 Å². The standard InChI is InChI=1S/C14H17N3OS/c1-16-8-6-10(7-9-16)17-13(18)11-4-2-3-5-12(11)15-14(17)19/h2-5,10H,6-9H2,1H3,(H,15,19). The Morgan fingerprint density at radius 2 is 1.95 bits per heavy atom. The van der Waals surface area contributed by atoms with Gasteiger partial charge in [0.1, 0.15) is 0 Å². The summed E-state index contributed by atoms with van der Waals surface area (Å²) in [6.45, 7) is 2.03. The number of piperidine rings is 1. The van der Waals surface area contributed by atoms with E-state index in [-0.39, 0.29) is 11.6 Å². The SMILES string of the molecule is CN1CCC(n2c(=S)[nH]c3ccccc3c2=O)CC1. The minimum atomic E-state index is 0.0360. The second-order valence-corrected chi connectivity index (χ2v) is 5.57. The predicted octanol–water partition coefficient (Wildman–Crippen LogP) is 2.33. The van der Waals surface area contributed by atoms with E-state index in [1.165, 1.54) is 0 Å². The zero-order chi connectivity index (χ0) is 13.4. The molecule has 5 heteroatoms. The lowest BCUT2D eigenvalue weighted by atomic mass is 10.1. The number of hydrogen-bond acceptors (Lipinski definition) is 3. The first-order valence-electron chi connectivity index (χ1n) is 6.59. The highest BCUT2D eigenvalue weighted by Crippen LogP contribution is 2.21. The summed E-state index contributed by atoms with van der Waals surface area (Å²) in [6.07, 6.45) is 1.96. The van der Waals surface area contributed by atoms with Crippen LogP contribution >= 0.6 is 12.2 Å². The molecular weight excluding hydrogens is 258 g/mol. The lowest BCUT2D eigenvalue weighted by molar-refractivity contribution is 0.217. The molecule has 2 aromatic rings. The van der Waals surface area contributed by atoms with E-state index in [0.29, 0.717) is 4.77 Å². The van der Waals surface area contributed by atoms with Crippen LogP contribution in [0.1, 0.15) is 18.9 Å². The van der Waals surface area contributed by atoms with Gasteiger partial charge in [0, 0.05) is 6.04 Å². The Morgan fingerprint density at radius 3 is 2.68 bits per heavy atom. The quantitative estimate of drug-likeness (QED) is 0.812. The molecule has 1 aromatic heterocycles. The van der Waals surface area contributed by atoms with Crippen LogP contribution in [0.4, 0.5) is 0 Å². The summed E-state index contributed by atoms with van der Waals surface area (Å²) >= 11 is 5.37. The topological polar surface area (TPSA) is 41.0 Å². The molecule has 4 nitrogen and oxygen atoms in total. The Hall–Kier alpha value is -1.46. The fourth-order valence-electron chi connectivity index (χ4n) is 2.76. The van der Waals surface area contributed by atoms with E-state index in [0.717, 1.165) is 36.8 Å². The lowest BCUT2D eigenvalue weighted by Gasteiger charge is -2.30. The summed E-state index contributed by atoms with van der Waals surface area (Å²) < 4.78 is 2.31. The number of aromatic amines is 1. The first-order valence-corrected chi connectivity index (χ1v) is 7.00. The van der Waals surface area contributed by atoms with E-state index in [9.17, 15) is 4.79 Å². The number of benzene rings is 1. The van der Waals surface area contributed by atoms with Crippen molar-refractivity contribution in [2.24, 2.45) is 0 Å². The molecule has 1 fully saturated rings. The number of para-hydroxylation sites is 1. The van der Waals surface area contributed by atoms with Crippen LogP contribution in [0, 0.1) is 4.77 Å². The van der Waals surface area contributed by atoms with E-state index >= 15 is 0 Å². The molecule has 0 saturated carbocycles. The summed E-state index contributed by atoms with van der Waals surface area (Å²) in [6, 6.07) is 7.77. The van der Waals surface area contributed by atoms with Gasteiger partial charge in [0.2, 0.25) is 0 Å². The summed E-state index contributed by atoms with van der Waals surface area (Å²) in [7, 11) is 2.11. The normalized spacial score (nSPS) is 17.9. The molecule has 1 saturated heterocycles. The Balaban J connectivity index is 2.14. The summed E-state index contributed by atoms with van der Waals surface area (Å²) in [5.41, 5.74) is 0.857. The third-order valence-corrected chi connectivity index (χ3v) is 4.19. The zero-order valence-corrected chi connectivity index (χ0v) is 11.7. The van der Waals surface area contributed by atoms with Gasteiger partial charge in [-0.05, 0) is 57.3 Å². The van der Waals surface area contributed by atoms with E-state index in [2.05, 4.69) is 16.9 Å². The van der Waals surface area contributed by atoms with Gasteiger partial charge < -0.3 is 9.88 Å². The maximum Gasteiger partial charge on any atom is 0.262 e. The average Bonchev–Trinajstić information content (AvgIpc) is 2.41. The van der Waals surface area contributed by atoms with E-state index in [4.69, 9.17) is 12.2 Å². The average molecular weight is 275 g/mol. The second kappa shape index (κ2) is 4.90. The van der Waals surface area contributed by atoms with Crippen molar-refractivity contribution in [3.63, 3.8) is 0 Å². The van der Waals surface area contributed by atoms with Gasteiger partial charge in [-0.1, -0.05) is 12.1 Å². The number of nitrogens with zero attached hydrogens (tertiary/aromatic N) is 2. The molecule has 0 amide bonds. The molecular formula is C14H17N3OS. The molecule has 2 heterocycles. The Bertz CT molecular complexity index is 710. The maximum absolute atomic E-state index is 12.6. The maximum atomic E-state index is 12.6. The fourth-order valence-corrected chi connectivity index (χ4v) is 3.10. The van der Waals surface area contributed by atoms with Crippen molar-refractivity contribution in [3.8, 4) is 0 Å². The molecule has 1 aromatic carbocycles. The first kappa shape index (κ1) is 12.6. The second-order valence-electron chi connectivity index (χ2n) is 5.19. The van der Waals surface area contributed by atoms with Gasteiger partial charge in [-0.25, -0.2) is 0 Å². The number of hydrogen-bond donors (Lipinski definition) is 1. The Labute approximate surface area is 116 Å². The highest BCUT2D eigenvalue weighted by atomic mass is 32.1. The third-order valence-electron chi connectivity index (χ3n) is 3.89. The summed E-state index contributed by atoms with van der Waals surface area (Å²) in [4.78, 5) is 18.1. The van der Waals surface area contributed by atoms with Gasteiger partial charge in [-0.15, -0.1) is 0 Å². The van der Waals surface area contributed by atoms with Crippen molar-refractivity contribution in [1.82, 2.24) is 14.5 Å². The predicted molar refractivity (Wildman–Crippen MR) is 79.2 cm³/mol. The highest BCUT2D eigenvalue weighted by molar-refractivity contribution is 7.71. The monoisotopic (exact) mass is 275 g/mol. The molecule has 3 rings (SSSR count). The van der Waals surface area contributed by atoms with Crippen LogP contribution in [0.3, 0.4) is 0 Å². The van der Waals surface area contributed by atoms with Crippen molar-refractivity contribution < 1.29 is 0 Å². The van der Waals surface area contributed by atoms with Crippen LogP contribution in [0.25, 0.3) is 10.9 Å². The minimum absolute atomic E-state index is 0.0360. The van der Waals surface area contributed by atoms with Crippen LogP contribution in [0.15, 0.2) is 29.1 Å². The van der Waals surface area contributed by atoms with Gasteiger partial charge in [-0.3, -0.25) is 9.36 Å². The largest absolute Gasteiger partial charge is 0.332 e.